The summed E-state index contributed by atoms with van der Waals surface area (Å²) in [7, 11) is 0. The van der Waals surface area contributed by atoms with Gasteiger partial charge in [-0.15, -0.1) is 0 Å². The van der Waals surface area contributed by atoms with Gasteiger partial charge >= 0.3 is 0 Å². The van der Waals surface area contributed by atoms with Crippen LogP contribution in [-0.4, -0.2) is 34.4 Å². The molecule has 5 nitrogen and oxygen atoms in total. The molecule has 0 atom stereocenters. The number of carbonyl (C=O) groups is 1. The molecule has 1 rings (SSSR count). The second kappa shape index (κ2) is 6.51. The number of hydrogen-bond donors (Lipinski definition) is 2. The van der Waals surface area contributed by atoms with E-state index in [1.807, 2.05) is 0 Å². The summed E-state index contributed by atoms with van der Waals surface area (Å²) in [5, 5.41) is 11.4. The van der Waals surface area contributed by atoms with Crippen LogP contribution in [0.5, 0.6) is 0 Å². The number of amides is 1. The number of halogens is 2. The fourth-order valence-corrected chi connectivity index (χ4v) is 1.88. The standard InChI is InChI=1S/C12H15BrFN3O2/c1-7(2)17(6-10(15)16-19)12(18)8-4-3-5-9(13)11(8)14/h3-5,7,19H,6H2,1-2H3,(H2,15,16). The molecule has 0 radical (unpaired) electrons. The number of oxime groups is 1. The van der Waals surface area contributed by atoms with Gasteiger partial charge in [0.2, 0.25) is 0 Å². The van der Waals surface area contributed by atoms with Crippen molar-refractivity contribution < 1.29 is 14.4 Å². The molecule has 1 amide bonds. The van der Waals surface area contributed by atoms with Crippen molar-refractivity contribution in [3.8, 4) is 0 Å². The van der Waals surface area contributed by atoms with Crippen LogP contribution >= 0.6 is 15.9 Å². The summed E-state index contributed by atoms with van der Waals surface area (Å²) in [6, 6.07) is 4.26. The van der Waals surface area contributed by atoms with Crippen LogP contribution in [0.15, 0.2) is 27.8 Å². The number of rotatable bonds is 4. The average molecular weight is 332 g/mol. The summed E-state index contributed by atoms with van der Waals surface area (Å²) in [6.07, 6.45) is 0. The van der Waals surface area contributed by atoms with E-state index in [1.165, 1.54) is 17.0 Å². The molecule has 0 saturated heterocycles. The van der Waals surface area contributed by atoms with Gasteiger partial charge in [0.1, 0.15) is 5.82 Å². The third kappa shape index (κ3) is 3.66. The zero-order chi connectivity index (χ0) is 14.6. The number of nitrogens with zero attached hydrogens (tertiary/aromatic N) is 2. The van der Waals surface area contributed by atoms with Gasteiger partial charge in [-0.3, -0.25) is 4.79 Å². The highest BCUT2D eigenvalue weighted by molar-refractivity contribution is 9.10. The molecule has 0 aromatic heterocycles. The highest BCUT2D eigenvalue weighted by Crippen LogP contribution is 2.20. The molecule has 104 valence electrons. The van der Waals surface area contributed by atoms with Gasteiger partial charge in [-0.2, -0.15) is 0 Å². The molecular weight excluding hydrogens is 317 g/mol. The maximum Gasteiger partial charge on any atom is 0.257 e. The molecule has 19 heavy (non-hydrogen) atoms. The molecule has 0 fully saturated rings. The lowest BCUT2D eigenvalue weighted by atomic mass is 10.1. The number of hydrogen-bond acceptors (Lipinski definition) is 3. The minimum absolute atomic E-state index is 0.0613. The predicted molar refractivity (Wildman–Crippen MR) is 73.7 cm³/mol. The number of benzene rings is 1. The smallest absolute Gasteiger partial charge is 0.257 e. The van der Waals surface area contributed by atoms with Crippen molar-refractivity contribution in [1.82, 2.24) is 4.90 Å². The van der Waals surface area contributed by atoms with E-state index < -0.39 is 11.7 Å². The Morgan fingerprint density at radius 2 is 2.21 bits per heavy atom. The Labute approximate surface area is 119 Å². The van der Waals surface area contributed by atoms with Crippen LogP contribution < -0.4 is 5.73 Å². The van der Waals surface area contributed by atoms with Gasteiger partial charge in [-0.05, 0) is 41.9 Å². The number of carbonyl (C=O) groups excluding carboxylic acids is 1. The van der Waals surface area contributed by atoms with E-state index in [9.17, 15) is 9.18 Å². The molecule has 7 heteroatoms. The highest BCUT2D eigenvalue weighted by Gasteiger charge is 2.23. The largest absolute Gasteiger partial charge is 0.409 e. The first-order valence-electron chi connectivity index (χ1n) is 5.59. The van der Waals surface area contributed by atoms with E-state index in [-0.39, 0.29) is 28.5 Å². The molecule has 0 aliphatic heterocycles. The SMILES string of the molecule is CC(C)N(C/C(N)=N/O)C(=O)c1cccc(Br)c1F. The van der Waals surface area contributed by atoms with Crippen LogP contribution in [0, 0.1) is 5.82 Å². The molecule has 0 bridgehead atoms. The number of nitrogens with two attached hydrogens (primary N) is 1. The van der Waals surface area contributed by atoms with Crippen molar-refractivity contribution >= 4 is 27.7 Å². The summed E-state index contributed by atoms with van der Waals surface area (Å²) < 4.78 is 14.1. The van der Waals surface area contributed by atoms with Crippen molar-refractivity contribution in [2.24, 2.45) is 10.9 Å². The molecule has 0 unspecified atom stereocenters. The summed E-state index contributed by atoms with van der Waals surface area (Å²) in [5.41, 5.74) is 5.34. The average Bonchev–Trinajstić information content (AvgIpc) is 2.37. The van der Waals surface area contributed by atoms with E-state index in [4.69, 9.17) is 10.9 Å². The molecule has 1 aromatic carbocycles. The Balaban J connectivity index is 3.10. The fraction of sp³-hybridized carbons (Fsp3) is 0.333. The lowest BCUT2D eigenvalue weighted by Crippen LogP contribution is -2.43. The van der Waals surface area contributed by atoms with Gasteiger partial charge < -0.3 is 15.8 Å². The first-order chi connectivity index (χ1) is 8.88. The zero-order valence-corrected chi connectivity index (χ0v) is 12.2. The maximum absolute atomic E-state index is 13.9. The Bertz CT molecular complexity index is 506. The van der Waals surface area contributed by atoms with E-state index in [2.05, 4.69) is 21.1 Å². The van der Waals surface area contributed by atoms with Crippen molar-refractivity contribution in [1.29, 1.82) is 0 Å². The van der Waals surface area contributed by atoms with Gasteiger partial charge in [0.25, 0.3) is 5.91 Å². The Kier molecular flexibility index (Phi) is 5.29. The zero-order valence-electron chi connectivity index (χ0n) is 10.6. The predicted octanol–water partition coefficient (Wildman–Crippen LogP) is 2.19. The van der Waals surface area contributed by atoms with Crippen LogP contribution in [0.25, 0.3) is 0 Å². The maximum atomic E-state index is 13.9. The van der Waals surface area contributed by atoms with Crippen molar-refractivity contribution in [3.05, 3.63) is 34.1 Å². The van der Waals surface area contributed by atoms with Crippen LogP contribution in [0.1, 0.15) is 24.2 Å². The lowest BCUT2D eigenvalue weighted by Gasteiger charge is -2.26. The fourth-order valence-electron chi connectivity index (χ4n) is 1.52. The molecular formula is C12H15BrFN3O2. The molecule has 0 aliphatic carbocycles. The van der Waals surface area contributed by atoms with E-state index in [0.29, 0.717) is 0 Å². The normalized spacial score (nSPS) is 11.7. The van der Waals surface area contributed by atoms with Crippen LogP contribution in [0.2, 0.25) is 0 Å². The van der Waals surface area contributed by atoms with Crippen LogP contribution in [0.3, 0.4) is 0 Å². The van der Waals surface area contributed by atoms with Crippen molar-refractivity contribution in [2.75, 3.05) is 6.54 Å². The van der Waals surface area contributed by atoms with E-state index >= 15 is 0 Å². The molecule has 0 aliphatic rings. The highest BCUT2D eigenvalue weighted by atomic mass is 79.9. The first-order valence-corrected chi connectivity index (χ1v) is 6.39. The van der Waals surface area contributed by atoms with Gasteiger partial charge in [0, 0.05) is 6.04 Å². The van der Waals surface area contributed by atoms with Crippen molar-refractivity contribution in [2.45, 2.75) is 19.9 Å². The topological polar surface area (TPSA) is 78.9 Å². The molecule has 3 N–H and O–H groups in total. The second-order valence-corrected chi connectivity index (χ2v) is 5.07. The minimum atomic E-state index is -0.627. The third-order valence-electron chi connectivity index (χ3n) is 2.53. The Morgan fingerprint density at radius 1 is 1.58 bits per heavy atom. The van der Waals surface area contributed by atoms with Crippen LogP contribution in [-0.2, 0) is 0 Å². The lowest BCUT2D eigenvalue weighted by molar-refractivity contribution is 0.0729. The van der Waals surface area contributed by atoms with E-state index in [1.54, 1.807) is 19.9 Å². The third-order valence-corrected chi connectivity index (χ3v) is 3.14. The number of amidine groups is 1. The Hall–Kier alpha value is -1.63. The molecule has 0 heterocycles. The van der Waals surface area contributed by atoms with Crippen LogP contribution in [0.4, 0.5) is 4.39 Å². The van der Waals surface area contributed by atoms with Gasteiger partial charge in [0.05, 0.1) is 16.6 Å². The monoisotopic (exact) mass is 331 g/mol. The van der Waals surface area contributed by atoms with E-state index in [0.717, 1.165) is 0 Å². The van der Waals surface area contributed by atoms with Gasteiger partial charge in [-0.25, -0.2) is 4.39 Å². The quantitative estimate of drug-likeness (QED) is 0.384. The van der Waals surface area contributed by atoms with Gasteiger partial charge in [0.15, 0.2) is 5.84 Å². The molecule has 0 spiro atoms. The minimum Gasteiger partial charge on any atom is -0.409 e. The first kappa shape index (κ1) is 15.4. The summed E-state index contributed by atoms with van der Waals surface area (Å²) in [4.78, 5) is 13.6. The summed E-state index contributed by atoms with van der Waals surface area (Å²) in [6.45, 7) is 3.45. The summed E-state index contributed by atoms with van der Waals surface area (Å²) in [5.74, 6) is -1.25. The molecule has 1 aromatic rings. The summed E-state index contributed by atoms with van der Waals surface area (Å²) >= 11 is 3.03. The second-order valence-electron chi connectivity index (χ2n) is 4.22. The van der Waals surface area contributed by atoms with Crippen molar-refractivity contribution in [3.63, 3.8) is 0 Å². The Morgan fingerprint density at radius 3 is 2.74 bits per heavy atom. The van der Waals surface area contributed by atoms with Gasteiger partial charge in [-0.1, -0.05) is 11.2 Å². The molecule has 0 saturated carbocycles.